The van der Waals surface area contributed by atoms with Gasteiger partial charge in [0.2, 0.25) is 5.88 Å². The minimum atomic E-state index is -4.60. The van der Waals surface area contributed by atoms with Gasteiger partial charge in [0.15, 0.2) is 6.10 Å². The molecule has 0 bridgehead atoms. The van der Waals surface area contributed by atoms with Crippen LogP contribution in [-0.2, 0) is 18.9 Å². The number of urea groups is 1. The first-order valence-corrected chi connectivity index (χ1v) is 14.7. The van der Waals surface area contributed by atoms with Crippen LogP contribution in [0.2, 0.25) is 0 Å². The molecule has 14 heteroatoms. The summed E-state index contributed by atoms with van der Waals surface area (Å²) < 4.78 is 80.8. The Balaban J connectivity index is 0.00000104. The number of morpholine rings is 2. The van der Waals surface area contributed by atoms with Crippen LogP contribution in [0.3, 0.4) is 0 Å². The Morgan fingerprint density at radius 1 is 1.07 bits per heavy atom. The van der Waals surface area contributed by atoms with E-state index >= 15 is 0 Å². The molecule has 1 N–H and O–H groups in total. The number of hydrogen-bond donors (Lipinski definition) is 1. The minimum Gasteiger partial charge on any atom is -0.473 e. The van der Waals surface area contributed by atoms with Crippen LogP contribution < -0.4 is 15.0 Å². The van der Waals surface area contributed by atoms with E-state index in [1.165, 1.54) is 12.1 Å². The van der Waals surface area contributed by atoms with Gasteiger partial charge in [0.1, 0.15) is 17.6 Å². The van der Waals surface area contributed by atoms with Gasteiger partial charge in [0.25, 0.3) is 0 Å². The van der Waals surface area contributed by atoms with Crippen molar-refractivity contribution in [1.29, 1.82) is 0 Å². The highest BCUT2D eigenvalue weighted by atomic mass is 19.4. The first kappa shape index (κ1) is 33.7. The van der Waals surface area contributed by atoms with Gasteiger partial charge in [-0.05, 0) is 43.2 Å². The zero-order valence-corrected chi connectivity index (χ0v) is 25.3. The predicted octanol–water partition coefficient (Wildman–Crippen LogP) is 5.04. The molecule has 3 saturated heterocycles. The Hall–Kier alpha value is -3.20. The molecule has 3 aliphatic heterocycles. The molecule has 2 amide bonds. The summed E-state index contributed by atoms with van der Waals surface area (Å²) in [5.74, 6) is -0.201. The first-order chi connectivity index (χ1) is 21.1. The van der Waals surface area contributed by atoms with E-state index in [0.29, 0.717) is 62.1 Å². The van der Waals surface area contributed by atoms with E-state index in [-0.39, 0.29) is 24.9 Å². The van der Waals surface area contributed by atoms with Crippen molar-refractivity contribution in [3.05, 3.63) is 35.8 Å². The van der Waals surface area contributed by atoms with Gasteiger partial charge in [-0.15, -0.1) is 0 Å². The number of aryl methyl sites for hydroxylation is 1. The Morgan fingerprint density at radius 3 is 2.41 bits per heavy atom. The third-order valence-corrected chi connectivity index (χ3v) is 7.50. The highest BCUT2D eigenvalue weighted by Crippen LogP contribution is 2.36. The number of rotatable bonds is 6. The third-order valence-electron chi connectivity index (χ3n) is 7.50. The molecule has 0 radical (unpaired) electrons. The molecule has 0 saturated carbocycles. The zero-order valence-electron chi connectivity index (χ0n) is 25.3. The summed E-state index contributed by atoms with van der Waals surface area (Å²) in [6.45, 7) is 7.21. The maximum atomic E-state index is 14.9. The lowest BCUT2D eigenvalue weighted by atomic mass is 10.00. The van der Waals surface area contributed by atoms with Crippen molar-refractivity contribution >= 4 is 17.4 Å². The van der Waals surface area contributed by atoms with E-state index < -0.39 is 30.7 Å². The number of nitrogens with one attached hydrogen (secondary N) is 1. The quantitative estimate of drug-likeness (QED) is 0.445. The first-order valence-electron chi connectivity index (χ1n) is 14.7. The molecule has 244 valence electrons. The van der Waals surface area contributed by atoms with Gasteiger partial charge in [-0.3, -0.25) is 0 Å². The van der Waals surface area contributed by atoms with Gasteiger partial charge >= 0.3 is 12.2 Å². The van der Waals surface area contributed by atoms with Gasteiger partial charge in [0.05, 0.1) is 45.3 Å². The van der Waals surface area contributed by atoms with Crippen molar-refractivity contribution in [3.63, 3.8) is 0 Å². The number of hydrogen-bond acceptors (Lipinski definition) is 8. The van der Waals surface area contributed by atoms with Crippen LogP contribution in [0.5, 0.6) is 5.88 Å². The second-order valence-corrected chi connectivity index (χ2v) is 10.6. The number of ether oxygens (including phenoxy) is 5. The molecule has 5 rings (SSSR count). The number of pyridine rings is 1. The minimum absolute atomic E-state index is 0.0154. The Kier molecular flexibility index (Phi) is 12.0. The SMILES string of the molecule is CCOC.Cc1cc(F)c(NC(=O)N2CCOC(C(F)(F)F)C2)cc1-c1cnc(OC2CCOCC2)c(N2CCOCC2)c1. The van der Waals surface area contributed by atoms with Gasteiger partial charge in [-0.2, -0.15) is 13.2 Å². The molecule has 0 spiro atoms. The van der Waals surface area contributed by atoms with Gasteiger partial charge in [-0.25, -0.2) is 14.2 Å². The molecule has 3 aliphatic rings. The van der Waals surface area contributed by atoms with Crippen LogP contribution in [0.25, 0.3) is 11.1 Å². The second-order valence-electron chi connectivity index (χ2n) is 10.6. The Bertz CT molecular complexity index is 1240. The lowest BCUT2D eigenvalue weighted by Crippen LogP contribution is -2.52. The largest absolute Gasteiger partial charge is 0.473 e. The van der Waals surface area contributed by atoms with Crippen LogP contribution >= 0.6 is 0 Å². The van der Waals surface area contributed by atoms with E-state index in [9.17, 15) is 22.4 Å². The number of alkyl halides is 3. The summed E-state index contributed by atoms with van der Waals surface area (Å²) in [6.07, 6.45) is -3.54. The van der Waals surface area contributed by atoms with Crippen LogP contribution in [0.4, 0.5) is 33.7 Å². The number of nitrogens with zero attached hydrogens (tertiary/aromatic N) is 3. The summed E-state index contributed by atoms with van der Waals surface area (Å²) in [6, 6.07) is 3.85. The molecule has 1 atom stereocenters. The zero-order chi connectivity index (χ0) is 31.7. The van der Waals surface area contributed by atoms with E-state index in [1.54, 1.807) is 20.2 Å². The Morgan fingerprint density at radius 2 is 1.75 bits per heavy atom. The fraction of sp³-hybridized carbons (Fsp3) is 0.600. The van der Waals surface area contributed by atoms with Gasteiger partial charge in [0, 0.05) is 58.0 Å². The van der Waals surface area contributed by atoms with Crippen molar-refractivity contribution in [1.82, 2.24) is 9.88 Å². The monoisotopic (exact) mass is 628 g/mol. The number of aromatic nitrogens is 1. The standard InChI is InChI=1S/C27H32F4N4O5.C3H8O/c1-17-12-21(28)22(33-26(36)35-6-11-39-24(16-35)27(29,30)31)14-20(17)18-13-23(34-4-9-38-10-5-34)25(32-15-18)40-19-2-7-37-8-3-19;1-3-4-2/h12-15,19,24H,2-11,16H2,1H3,(H,33,36);3H2,1-2H3. The Labute approximate surface area is 254 Å². The lowest BCUT2D eigenvalue weighted by molar-refractivity contribution is -0.233. The van der Waals surface area contributed by atoms with Crippen LogP contribution in [0.1, 0.15) is 25.3 Å². The molecular weight excluding hydrogens is 588 g/mol. The summed E-state index contributed by atoms with van der Waals surface area (Å²) in [5, 5.41) is 2.44. The number of anilines is 2. The summed E-state index contributed by atoms with van der Waals surface area (Å²) >= 11 is 0. The summed E-state index contributed by atoms with van der Waals surface area (Å²) in [5.41, 5.74) is 2.54. The third kappa shape index (κ3) is 8.93. The van der Waals surface area contributed by atoms with Crippen molar-refractivity contribution in [2.45, 2.75) is 45.1 Å². The molecular formula is C30H40F4N4O6. The van der Waals surface area contributed by atoms with Gasteiger partial charge in [-0.1, -0.05) is 0 Å². The molecule has 0 aliphatic carbocycles. The molecule has 10 nitrogen and oxygen atoms in total. The van der Waals surface area contributed by atoms with E-state index in [0.717, 1.165) is 30.0 Å². The topological polar surface area (TPSA) is 94.6 Å². The number of halogens is 4. The molecule has 1 aromatic heterocycles. The van der Waals surface area contributed by atoms with E-state index in [4.69, 9.17) is 18.9 Å². The number of carbonyl (C=O) groups is 1. The van der Waals surface area contributed by atoms with Crippen LogP contribution in [0, 0.1) is 12.7 Å². The highest BCUT2D eigenvalue weighted by molar-refractivity contribution is 5.91. The fourth-order valence-corrected chi connectivity index (χ4v) is 4.97. The van der Waals surface area contributed by atoms with E-state index in [1.807, 2.05) is 13.0 Å². The molecule has 3 fully saturated rings. The number of methoxy groups -OCH3 is 1. The average Bonchev–Trinajstić information content (AvgIpc) is 3.03. The summed E-state index contributed by atoms with van der Waals surface area (Å²) in [4.78, 5) is 20.5. The summed E-state index contributed by atoms with van der Waals surface area (Å²) in [7, 11) is 1.68. The smallest absolute Gasteiger partial charge is 0.416 e. The number of carbonyl (C=O) groups excluding carboxylic acids is 1. The number of amides is 2. The second kappa shape index (κ2) is 15.7. The van der Waals surface area contributed by atoms with Crippen LogP contribution in [-0.4, -0.2) is 107 Å². The van der Waals surface area contributed by atoms with Crippen LogP contribution in [0.15, 0.2) is 24.4 Å². The molecule has 2 aromatic rings. The van der Waals surface area contributed by atoms with Crippen molar-refractivity contribution in [2.75, 3.05) is 83.1 Å². The maximum Gasteiger partial charge on any atom is 0.416 e. The average molecular weight is 629 g/mol. The van der Waals surface area contributed by atoms with Crippen molar-refractivity contribution in [3.8, 4) is 17.0 Å². The maximum absolute atomic E-state index is 14.9. The van der Waals surface area contributed by atoms with Crippen molar-refractivity contribution in [2.24, 2.45) is 0 Å². The lowest BCUT2D eigenvalue weighted by Gasteiger charge is -2.33. The molecule has 4 heterocycles. The number of benzene rings is 1. The van der Waals surface area contributed by atoms with E-state index in [2.05, 4.69) is 19.9 Å². The predicted molar refractivity (Wildman–Crippen MR) is 156 cm³/mol. The molecule has 44 heavy (non-hydrogen) atoms. The van der Waals surface area contributed by atoms with Crippen molar-refractivity contribution < 1.29 is 46.0 Å². The molecule has 1 unspecified atom stereocenters. The van der Waals surface area contributed by atoms with Gasteiger partial charge < -0.3 is 38.8 Å². The molecule has 1 aromatic carbocycles. The normalized spacial score (nSPS) is 19.7. The fourth-order valence-electron chi connectivity index (χ4n) is 4.97. The highest BCUT2D eigenvalue weighted by Gasteiger charge is 2.44.